The van der Waals surface area contributed by atoms with E-state index in [2.05, 4.69) is 42.8 Å². The van der Waals surface area contributed by atoms with Crippen molar-refractivity contribution in [3.8, 4) is 0 Å². The van der Waals surface area contributed by atoms with Gasteiger partial charge in [-0.3, -0.25) is 0 Å². The zero-order valence-electron chi connectivity index (χ0n) is 14.5. The predicted molar refractivity (Wildman–Crippen MR) is 89.9 cm³/mol. The first kappa shape index (κ1) is 17.7. The van der Waals surface area contributed by atoms with E-state index in [1.165, 1.54) is 5.56 Å². The summed E-state index contributed by atoms with van der Waals surface area (Å²) in [6.45, 7) is 11.8. The van der Waals surface area contributed by atoms with Crippen molar-refractivity contribution in [2.24, 2.45) is 0 Å². The fourth-order valence-electron chi connectivity index (χ4n) is 2.43. The van der Waals surface area contributed by atoms with Gasteiger partial charge >= 0.3 is 0 Å². The van der Waals surface area contributed by atoms with Crippen LogP contribution in [0.4, 0.5) is 0 Å². The number of hydrogen-bond acceptors (Lipinski definition) is 4. The van der Waals surface area contributed by atoms with Crippen LogP contribution in [0.15, 0.2) is 27.6 Å². The molecular formula is C17H24N2O3S. The molecule has 0 amide bonds. The van der Waals surface area contributed by atoms with Crippen molar-refractivity contribution in [1.29, 1.82) is 0 Å². The van der Waals surface area contributed by atoms with E-state index in [9.17, 15) is 8.42 Å². The van der Waals surface area contributed by atoms with Crippen molar-refractivity contribution in [3.05, 3.63) is 46.3 Å². The van der Waals surface area contributed by atoms with Gasteiger partial charge in [0.15, 0.2) is 5.76 Å². The summed E-state index contributed by atoms with van der Waals surface area (Å²) in [4.78, 5) is 0.127. The molecule has 0 atom stereocenters. The molecule has 126 valence electrons. The van der Waals surface area contributed by atoms with Crippen LogP contribution in [0.2, 0.25) is 0 Å². The quantitative estimate of drug-likeness (QED) is 0.929. The van der Waals surface area contributed by atoms with Crippen LogP contribution in [-0.2, 0) is 22.0 Å². The lowest BCUT2D eigenvalue weighted by atomic mass is 9.85. The highest BCUT2D eigenvalue weighted by atomic mass is 32.2. The molecule has 23 heavy (non-hydrogen) atoms. The fourth-order valence-corrected chi connectivity index (χ4v) is 3.76. The third-order valence-corrected chi connectivity index (χ3v) is 5.55. The van der Waals surface area contributed by atoms with Crippen LogP contribution < -0.4 is 4.72 Å². The van der Waals surface area contributed by atoms with Crippen molar-refractivity contribution in [3.63, 3.8) is 0 Å². The van der Waals surface area contributed by atoms with Gasteiger partial charge in [-0.05, 0) is 42.9 Å². The van der Waals surface area contributed by atoms with E-state index in [1.54, 1.807) is 13.8 Å². The Bertz CT molecular complexity index is 795. The molecule has 1 aromatic heterocycles. The molecule has 2 rings (SSSR count). The van der Waals surface area contributed by atoms with Crippen molar-refractivity contribution in [1.82, 2.24) is 9.88 Å². The summed E-state index contributed by atoms with van der Waals surface area (Å²) in [5, 5.41) is 3.71. The van der Waals surface area contributed by atoms with Gasteiger partial charge < -0.3 is 4.52 Å². The van der Waals surface area contributed by atoms with Gasteiger partial charge in [-0.1, -0.05) is 44.1 Å². The van der Waals surface area contributed by atoms with Crippen LogP contribution in [0, 0.1) is 20.8 Å². The van der Waals surface area contributed by atoms with E-state index in [0.29, 0.717) is 11.5 Å². The minimum atomic E-state index is -3.65. The van der Waals surface area contributed by atoms with Crippen molar-refractivity contribution >= 4 is 10.0 Å². The molecule has 0 saturated heterocycles. The Morgan fingerprint density at radius 1 is 1.17 bits per heavy atom. The Balaban J connectivity index is 2.27. The molecule has 2 aromatic rings. The summed E-state index contributed by atoms with van der Waals surface area (Å²) >= 11 is 0. The van der Waals surface area contributed by atoms with Crippen molar-refractivity contribution < 1.29 is 12.9 Å². The number of hydrogen-bond donors (Lipinski definition) is 1. The molecule has 0 bridgehead atoms. The SMILES string of the molecule is Cc1ccc(C(C)(C)C)cc1CNS(=O)(=O)c1c(C)noc1C. The Labute approximate surface area is 138 Å². The monoisotopic (exact) mass is 336 g/mol. The van der Waals surface area contributed by atoms with E-state index in [4.69, 9.17) is 4.52 Å². The number of aryl methyl sites for hydroxylation is 3. The van der Waals surface area contributed by atoms with Gasteiger partial charge in [-0.2, -0.15) is 0 Å². The van der Waals surface area contributed by atoms with Crippen LogP contribution in [-0.4, -0.2) is 13.6 Å². The van der Waals surface area contributed by atoms with Crippen molar-refractivity contribution in [2.45, 2.75) is 58.4 Å². The van der Waals surface area contributed by atoms with Gasteiger partial charge in [0, 0.05) is 6.54 Å². The second-order valence-corrected chi connectivity index (χ2v) is 8.57. The first-order valence-electron chi connectivity index (χ1n) is 7.55. The molecule has 0 saturated carbocycles. The highest BCUT2D eigenvalue weighted by Gasteiger charge is 2.24. The normalized spacial score (nSPS) is 12.6. The summed E-state index contributed by atoms with van der Waals surface area (Å²) < 4.78 is 32.6. The third-order valence-electron chi connectivity index (χ3n) is 3.90. The second-order valence-electron chi connectivity index (χ2n) is 6.87. The van der Waals surface area contributed by atoms with Crippen LogP contribution in [0.3, 0.4) is 0 Å². The predicted octanol–water partition coefficient (Wildman–Crippen LogP) is 3.38. The molecule has 1 heterocycles. The smallest absolute Gasteiger partial charge is 0.246 e. The lowest BCUT2D eigenvalue weighted by Gasteiger charge is -2.21. The van der Waals surface area contributed by atoms with Crippen LogP contribution in [0.25, 0.3) is 0 Å². The average Bonchev–Trinajstić information content (AvgIpc) is 2.76. The number of benzene rings is 1. The molecular weight excluding hydrogens is 312 g/mol. The fraction of sp³-hybridized carbons (Fsp3) is 0.471. The zero-order valence-corrected chi connectivity index (χ0v) is 15.3. The van der Waals surface area contributed by atoms with Gasteiger partial charge in [-0.15, -0.1) is 0 Å². The maximum Gasteiger partial charge on any atom is 0.246 e. The number of nitrogens with one attached hydrogen (secondary N) is 1. The standard InChI is InChI=1S/C17H24N2O3S/c1-11-7-8-15(17(4,5)6)9-14(11)10-18-23(20,21)16-12(2)19-22-13(16)3/h7-9,18H,10H2,1-6H3. The van der Waals surface area contributed by atoms with E-state index in [0.717, 1.165) is 11.1 Å². The molecule has 0 spiro atoms. The Morgan fingerprint density at radius 3 is 2.35 bits per heavy atom. The second kappa shape index (κ2) is 6.09. The molecule has 0 radical (unpaired) electrons. The minimum absolute atomic E-state index is 0.0168. The van der Waals surface area contributed by atoms with Gasteiger partial charge in [0.2, 0.25) is 10.0 Å². The van der Waals surface area contributed by atoms with Gasteiger partial charge in [0.25, 0.3) is 0 Å². The highest BCUT2D eigenvalue weighted by molar-refractivity contribution is 7.89. The number of aromatic nitrogens is 1. The van der Waals surface area contributed by atoms with Gasteiger partial charge in [0.1, 0.15) is 10.6 Å². The Hall–Kier alpha value is -1.66. The van der Waals surface area contributed by atoms with E-state index in [-0.39, 0.29) is 16.9 Å². The topological polar surface area (TPSA) is 72.2 Å². The summed E-state index contributed by atoms with van der Waals surface area (Å²) in [5.74, 6) is 0.301. The average molecular weight is 336 g/mol. The maximum absolute atomic E-state index is 12.5. The Morgan fingerprint density at radius 2 is 1.83 bits per heavy atom. The number of sulfonamides is 1. The van der Waals surface area contributed by atoms with Crippen LogP contribution >= 0.6 is 0 Å². The van der Waals surface area contributed by atoms with Crippen LogP contribution in [0.1, 0.15) is 48.9 Å². The molecule has 1 aromatic carbocycles. The van der Waals surface area contributed by atoms with E-state index < -0.39 is 10.0 Å². The van der Waals surface area contributed by atoms with Gasteiger partial charge in [0.05, 0.1) is 0 Å². The zero-order chi connectivity index (χ0) is 17.4. The maximum atomic E-state index is 12.5. The lowest BCUT2D eigenvalue weighted by Crippen LogP contribution is -2.25. The summed E-state index contributed by atoms with van der Waals surface area (Å²) in [5.41, 5.74) is 3.58. The molecule has 0 aliphatic carbocycles. The molecule has 0 unspecified atom stereocenters. The molecule has 5 nitrogen and oxygen atoms in total. The van der Waals surface area contributed by atoms with E-state index in [1.807, 2.05) is 13.0 Å². The third kappa shape index (κ3) is 3.82. The van der Waals surface area contributed by atoms with Gasteiger partial charge in [-0.25, -0.2) is 13.1 Å². The lowest BCUT2D eigenvalue weighted by molar-refractivity contribution is 0.390. The molecule has 0 aliphatic rings. The first-order chi connectivity index (χ1) is 10.5. The number of rotatable bonds is 4. The van der Waals surface area contributed by atoms with E-state index >= 15 is 0 Å². The molecule has 6 heteroatoms. The first-order valence-corrected chi connectivity index (χ1v) is 9.03. The Kier molecular flexibility index (Phi) is 4.69. The largest absolute Gasteiger partial charge is 0.360 e. The summed E-state index contributed by atoms with van der Waals surface area (Å²) in [6.07, 6.45) is 0. The summed E-state index contributed by atoms with van der Waals surface area (Å²) in [6, 6.07) is 6.17. The molecule has 0 fully saturated rings. The highest BCUT2D eigenvalue weighted by Crippen LogP contribution is 2.25. The van der Waals surface area contributed by atoms with Crippen molar-refractivity contribution in [2.75, 3.05) is 0 Å². The van der Waals surface area contributed by atoms with Crippen LogP contribution in [0.5, 0.6) is 0 Å². The number of nitrogens with zero attached hydrogens (tertiary/aromatic N) is 1. The summed E-state index contributed by atoms with van der Waals surface area (Å²) in [7, 11) is -3.65. The minimum Gasteiger partial charge on any atom is -0.360 e. The molecule has 1 N–H and O–H groups in total. The molecule has 0 aliphatic heterocycles.